The molecule has 2 heteroatoms. The van der Waals surface area contributed by atoms with Gasteiger partial charge in [-0.3, -0.25) is 4.79 Å². The van der Waals surface area contributed by atoms with Gasteiger partial charge < -0.3 is 5.32 Å². The van der Waals surface area contributed by atoms with Gasteiger partial charge in [-0.25, -0.2) is 0 Å². The van der Waals surface area contributed by atoms with Crippen molar-refractivity contribution in [3.8, 4) is 0 Å². The highest BCUT2D eigenvalue weighted by Gasteiger charge is 2.31. The second-order valence-electron chi connectivity index (χ2n) is 4.69. The van der Waals surface area contributed by atoms with Crippen LogP contribution >= 0.6 is 0 Å². The molecule has 94 valence electrons. The number of nitrogens with one attached hydrogen (secondary N) is 1. The Kier molecular flexibility index (Phi) is 3.15. The Balaban J connectivity index is 1.85. The summed E-state index contributed by atoms with van der Waals surface area (Å²) < 4.78 is 0. The zero-order valence-electron chi connectivity index (χ0n) is 10.5. The summed E-state index contributed by atoms with van der Waals surface area (Å²) >= 11 is 0. The summed E-state index contributed by atoms with van der Waals surface area (Å²) in [7, 11) is 0. The molecule has 0 spiro atoms. The van der Waals surface area contributed by atoms with Crippen LogP contribution in [-0.4, -0.2) is 11.8 Å². The monoisotopic (exact) mass is 249 g/mol. The highest BCUT2D eigenvalue weighted by atomic mass is 16.1. The van der Waals surface area contributed by atoms with Crippen LogP contribution in [0.5, 0.6) is 0 Å². The van der Waals surface area contributed by atoms with Crippen molar-refractivity contribution in [2.75, 3.05) is 5.32 Å². The normalized spacial score (nSPS) is 21.6. The zero-order valence-corrected chi connectivity index (χ0v) is 10.5. The molecule has 0 fully saturated rings. The predicted octanol–water partition coefficient (Wildman–Crippen LogP) is 3.39. The lowest BCUT2D eigenvalue weighted by Crippen LogP contribution is -2.25. The molecule has 1 N–H and O–H groups in total. The van der Waals surface area contributed by atoms with E-state index in [0.717, 1.165) is 11.3 Å². The molecule has 0 unspecified atom stereocenters. The van der Waals surface area contributed by atoms with Crippen LogP contribution in [0.1, 0.15) is 11.5 Å². The molecule has 0 amide bonds. The summed E-state index contributed by atoms with van der Waals surface area (Å²) in [6.07, 6.45) is 3.63. The molecular formula is C17H15NO. The lowest BCUT2D eigenvalue weighted by atomic mass is 9.92. The van der Waals surface area contributed by atoms with Crippen LogP contribution in [0.15, 0.2) is 72.8 Å². The first kappa shape index (κ1) is 11.7. The molecular weight excluding hydrogens is 234 g/mol. The molecule has 0 saturated carbocycles. The third-order valence-electron chi connectivity index (χ3n) is 3.40. The fraction of sp³-hybridized carbons (Fsp3) is 0.118. The minimum absolute atomic E-state index is 0.0253. The van der Waals surface area contributed by atoms with Crippen LogP contribution < -0.4 is 5.32 Å². The highest BCUT2D eigenvalue weighted by Crippen LogP contribution is 2.29. The molecule has 0 heterocycles. The van der Waals surface area contributed by atoms with Crippen LogP contribution in [0.2, 0.25) is 0 Å². The Labute approximate surface area is 112 Å². The lowest BCUT2D eigenvalue weighted by molar-refractivity contribution is -0.115. The van der Waals surface area contributed by atoms with Gasteiger partial charge in [0.2, 0.25) is 0 Å². The molecule has 0 aromatic heterocycles. The molecule has 0 bridgehead atoms. The Bertz CT molecular complexity index is 589. The largest absolute Gasteiger partial charge is 0.378 e. The second kappa shape index (κ2) is 5.11. The molecule has 2 aromatic rings. The number of allylic oxidation sites excluding steroid dienone is 1. The van der Waals surface area contributed by atoms with Gasteiger partial charge in [0, 0.05) is 5.69 Å². The van der Waals surface area contributed by atoms with E-state index in [9.17, 15) is 4.79 Å². The zero-order chi connectivity index (χ0) is 13.1. The molecule has 0 saturated heterocycles. The van der Waals surface area contributed by atoms with Crippen LogP contribution in [0, 0.1) is 0 Å². The Morgan fingerprint density at radius 2 is 1.47 bits per heavy atom. The standard InChI is InChI=1S/C17H15NO/c19-16-12-11-15(18-14-9-5-2-6-10-14)17(16)13-7-3-1-4-8-13/h1-12,15,17-18H/t15-,17+/m1/s1. The van der Waals surface area contributed by atoms with E-state index < -0.39 is 0 Å². The van der Waals surface area contributed by atoms with E-state index in [0.29, 0.717) is 0 Å². The molecule has 19 heavy (non-hydrogen) atoms. The summed E-state index contributed by atoms with van der Waals surface area (Å²) in [4.78, 5) is 12.0. The molecule has 0 aliphatic heterocycles. The van der Waals surface area contributed by atoms with Gasteiger partial charge in [-0.2, -0.15) is 0 Å². The Hall–Kier alpha value is -2.35. The molecule has 3 rings (SSSR count). The van der Waals surface area contributed by atoms with Gasteiger partial charge >= 0.3 is 0 Å². The Morgan fingerprint density at radius 1 is 0.842 bits per heavy atom. The molecule has 2 nitrogen and oxygen atoms in total. The average Bonchev–Trinajstić information content (AvgIpc) is 2.82. The van der Waals surface area contributed by atoms with Gasteiger partial charge in [-0.15, -0.1) is 0 Å². The molecule has 0 radical (unpaired) electrons. The SMILES string of the molecule is O=C1C=C[C@@H](Nc2ccccc2)[C@@H]1c1ccccc1. The first-order valence-corrected chi connectivity index (χ1v) is 6.43. The van der Waals surface area contributed by atoms with Gasteiger partial charge in [0.25, 0.3) is 0 Å². The molecule has 2 aromatic carbocycles. The lowest BCUT2D eigenvalue weighted by Gasteiger charge is -2.21. The number of carbonyl (C=O) groups is 1. The second-order valence-corrected chi connectivity index (χ2v) is 4.69. The van der Waals surface area contributed by atoms with Gasteiger partial charge in [-0.1, -0.05) is 54.6 Å². The minimum atomic E-state index is -0.124. The number of ketones is 1. The van der Waals surface area contributed by atoms with E-state index in [1.54, 1.807) is 6.08 Å². The van der Waals surface area contributed by atoms with Crippen molar-refractivity contribution < 1.29 is 4.79 Å². The van der Waals surface area contributed by atoms with Crippen LogP contribution in [-0.2, 0) is 4.79 Å². The van der Waals surface area contributed by atoms with Gasteiger partial charge in [0.1, 0.15) is 0 Å². The average molecular weight is 249 g/mol. The predicted molar refractivity (Wildman–Crippen MR) is 77.2 cm³/mol. The van der Waals surface area contributed by atoms with E-state index in [4.69, 9.17) is 0 Å². The van der Waals surface area contributed by atoms with Crippen molar-refractivity contribution in [3.05, 3.63) is 78.4 Å². The highest BCUT2D eigenvalue weighted by molar-refractivity contribution is 5.99. The van der Waals surface area contributed by atoms with Gasteiger partial charge in [0.05, 0.1) is 12.0 Å². The summed E-state index contributed by atoms with van der Waals surface area (Å²) in [5.74, 6) is 0.0426. The van der Waals surface area contributed by atoms with Crippen molar-refractivity contribution in [1.82, 2.24) is 0 Å². The summed E-state index contributed by atoms with van der Waals surface area (Å²) in [5, 5.41) is 3.41. The number of rotatable bonds is 3. The topological polar surface area (TPSA) is 29.1 Å². The van der Waals surface area contributed by atoms with Crippen molar-refractivity contribution in [2.24, 2.45) is 0 Å². The summed E-state index contributed by atoms with van der Waals surface area (Å²) in [5.41, 5.74) is 2.10. The maximum absolute atomic E-state index is 12.0. The van der Waals surface area contributed by atoms with E-state index in [2.05, 4.69) is 5.32 Å². The van der Waals surface area contributed by atoms with Crippen molar-refractivity contribution in [3.63, 3.8) is 0 Å². The number of hydrogen-bond acceptors (Lipinski definition) is 2. The van der Waals surface area contributed by atoms with Crippen molar-refractivity contribution in [2.45, 2.75) is 12.0 Å². The quantitative estimate of drug-likeness (QED) is 0.903. The number of para-hydroxylation sites is 1. The number of carbonyl (C=O) groups excluding carboxylic acids is 1. The minimum Gasteiger partial charge on any atom is -0.378 e. The maximum Gasteiger partial charge on any atom is 0.165 e. The fourth-order valence-electron chi connectivity index (χ4n) is 2.48. The third-order valence-corrected chi connectivity index (χ3v) is 3.40. The van der Waals surface area contributed by atoms with Gasteiger partial charge in [0.15, 0.2) is 5.78 Å². The van der Waals surface area contributed by atoms with Crippen molar-refractivity contribution in [1.29, 1.82) is 0 Å². The van der Waals surface area contributed by atoms with E-state index in [1.807, 2.05) is 66.7 Å². The first-order chi connectivity index (χ1) is 9.34. The summed E-state index contributed by atoms with van der Waals surface area (Å²) in [6.45, 7) is 0. The fourth-order valence-corrected chi connectivity index (χ4v) is 2.48. The van der Waals surface area contributed by atoms with Crippen LogP contribution in [0.25, 0.3) is 0 Å². The third kappa shape index (κ3) is 2.43. The van der Waals surface area contributed by atoms with Gasteiger partial charge in [-0.05, 0) is 23.8 Å². The first-order valence-electron chi connectivity index (χ1n) is 6.43. The smallest absolute Gasteiger partial charge is 0.165 e. The van der Waals surface area contributed by atoms with Crippen LogP contribution in [0.4, 0.5) is 5.69 Å². The van der Waals surface area contributed by atoms with E-state index >= 15 is 0 Å². The number of benzene rings is 2. The molecule has 1 aliphatic rings. The molecule has 2 atom stereocenters. The van der Waals surface area contributed by atoms with Crippen LogP contribution in [0.3, 0.4) is 0 Å². The summed E-state index contributed by atoms with van der Waals surface area (Å²) in [6, 6.07) is 19.9. The number of hydrogen-bond donors (Lipinski definition) is 1. The maximum atomic E-state index is 12.0. The Morgan fingerprint density at radius 3 is 2.16 bits per heavy atom. The van der Waals surface area contributed by atoms with Crippen molar-refractivity contribution >= 4 is 11.5 Å². The number of anilines is 1. The molecule has 1 aliphatic carbocycles. The van der Waals surface area contributed by atoms with E-state index in [1.165, 1.54) is 0 Å². The van der Waals surface area contributed by atoms with E-state index in [-0.39, 0.29) is 17.7 Å².